The summed E-state index contributed by atoms with van der Waals surface area (Å²) < 4.78 is 0. The van der Waals surface area contributed by atoms with Crippen molar-refractivity contribution in [2.45, 2.75) is 39.3 Å². The Kier molecular flexibility index (Phi) is 4.66. The number of hydrogen-bond acceptors (Lipinski definition) is 5. The van der Waals surface area contributed by atoms with Crippen molar-refractivity contribution in [1.82, 2.24) is 19.9 Å². The molecule has 0 saturated heterocycles. The van der Waals surface area contributed by atoms with Crippen LogP contribution in [-0.4, -0.2) is 40.5 Å². The second-order valence-corrected chi connectivity index (χ2v) is 6.91. The van der Waals surface area contributed by atoms with E-state index in [1.165, 1.54) is 0 Å². The molecule has 1 aliphatic rings. The summed E-state index contributed by atoms with van der Waals surface area (Å²) in [5.74, 6) is 1.97. The molecule has 0 aromatic carbocycles. The molecule has 6 nitrogen and oxygen atoms in total. The van der Waals surface area contributed by atoms with Crippen LogP contribution in [0.3, 0.4) is 0 Å². The number of hydrogen-bond donors (Lipinski definition) is 1. The third kappa shape index (κ3) is 3.48. The minimum absolute atomic E-state index is 0.00878. The zero-order valence-corrected chi connectivity index (χ0v) is 14.8. The maximum absolute atomic E-state index is 12.4. The molecule has 0 atom stereocenters. The molecular formula is C18H25N5O. The quantitative estimate of drug-likeness (QED) is 0.929. The molecule has 24 heavy (non-hydrogen) atoms. The Hall–Kier alpha value is -2.21. The van der Waals surface area contributed by atoms with Gasteiger partial charge in [-0.25, -0.2) is 9.97 Å². The minimum atomic E-state index is 0.00878. The number of anilines is 1. The van der Waals surface area contributed by atoms with Crippen LogP contribution in [0.4, 0.5) is 5.82 Å². The van der Waals surface area contributed by atoms with Gasteiger partial charge in [-0.3, -0.25) is 9.69 Å². The molecule has 0 bridgehead atoms. The molecule has 3 rings (SSSR count). The highest BCUT2D eigenvalue weighted by Crippen LogP contribution is 2.18. The lowest BCUT2D eigenvalue weighted by molar-refractivity contribution is 0.241. The number of nitrogens with zero attached hydrogens (tertiary/aromatic N) is 4. The number of aromatic amines is 1. The van der Waals surface area contributed by atoms with Gasteiger partial charge in [-0.05, 0) is 11.6 Å². The second kappa shape index (κ2) is 6.73. The predicted molar refractivity (Wildman–Crippen MR) is 95.3 cm³/mol. The van der Waals surface area contributed by atoms with Crippen LogP contribution in [0.1, 0.15) is 42.4 Å². The molecule has 0 aliphatic carbocycles. The van der Waals surface area contributed by atoms with Crippen LogP contribution in [0.25, 0.3) is 0 Å². The lowest BCUT2D eigenvalue weighted by Crippen LogP contribution is -2.36. The lowest BCUT2D eigenvalue weighted by Gasteiger charge is -2.28. The first kappa shape index (κ1) is 16.6. The average Bonchev–Trinajstić information content (AvgIpc) is 2.55. The summed E-state index contributed by atoms with van der Waals surface area (Å²) in [7, 11) is 3.96. The average molecular weight is 327 g/mol. The van der Waals surface area contributed by atoms with Crippen molar-refractivity contribution in [3.05, 3.63) is 51.3 Å². The Balaban J connectivity index is 1.74. The summed E-state index contributed by atoms with van der Waals surface area (Å²) in [6.07, 6.45) is 2.73. The molecule has 1 N–H and O–H groups in total. The van der Waals surface area contributed by atoms with Gasteiger partial charge in [-0.2, -0.15) is 0 Å². The molecule has 1 aliphatic heterocycles. The largest absolute Gasteiger partial charge is 0.363 e. The van der Waals surface area contributed by atoms with E-state index in [0.717, 1.165) is 48.0 Å². The molecule has 0 amide bonds. The minimum Gasteiger partial charge on any atom is -0.363 e. The van der Waals surface area contributed by atoms with Gasteiger partial charge >= 0.3 is 0 Å². The Bertz CT molecular complexity index is 764. The number of nitrogens with one attached hydrogen (secondary N) is 1. The molecule has 3 heterocycles. The van der Waals surface area contributed by atoms with Crippen LogP contribution in [0.5, 0.6) is 0 Å². The fraction of sp³-hybridized carbons (Fsp3) is 0.500. The zero-order chi connectivity index (χ0) is 17.3. The Morgan fingerprint density at radius 2 is 2.12 bits per heavy atom. The highest BCUT2D eigenvalue weighted by atomic mass is 16.1. The van der Waals surface area contributed by atoms with Gasteiger partial charge in [-0.1, -0.05) is 19.9 Å². The number of rotatable bonds is 4. The first-order chi connectivity index (χ1) is 11.4. The maximum atomic E-state index is 12.4. The van der Waals surface area contributed by atoms with E-state index in [2.05, 4.69) is 25.9 Å². The van der Waals surface area contributed by atoms with Gasteiger partial charge < -0.3 is 9.88 Å². The number of pyridine rings is 1. The Labute approximate surface area is 142 Å². The standard InChI is InChI=1S/C18H25N5O/c1-12(2)17-20-15-7-8-23(11-14(15)18(24)21-17)10-13-5-6-16(19-9-13)22(3)4/h5-6,9,12H,7-8,10-11H2,1-4H3,(H,20,21,24). The molecule has 2 aromatic rings. The summed E-state index contributed by atoms with van der Waals surface area (Å²) in [5.41, 5.74) is 2.94. The van der Waals surface area contributed by atoms with E-state index in [-0.39, 0.29) is 11.5 Å². The monoisotopic (exact) mass is 327 g/mol. The molecule has 2 aromatic heterocycles. The number of aromatic nitrogens is 3. The Morgan fingerprint density at radius 3 is 2.75 bits per heavy atom. The molecular weight excluding hydrogens is 302 g/mol. The van der Waals surface area contributed by atoms with Gasteiger partial charge in [0.2, 0.25) is 0 Å². The van der Waals surface area contributed by atoms with Crippen LogP contribution in [0.2, 0.25) is 0 Å². The fourth-order valence-electron chi connectivity index (χ4n) is 2.94. The van der Waals surface area contributed by atoms with Crippen LogP contribution in [0, 0.1) is 0 Å². The van der Waals surface area contributed by atoms with Crippen molar-refractivity contribution in [1.29, 1.82) is 0 Å². The van der Waals surface area contributed by atoms with E-state index in [4.69, 9.17) is 0 Å². The third-order valence-electron chi connectivity index (χ3n) is 4.39. The van der Waals surface area contributed by atoms with Gasteiger partial charge in [0.05, 0.1) is 11.3 Å². The number of fused-ring (bicyclic) bond motifs is 1. The van der Waals surface area contributed by atoms with E-state index in [0.29, 0.717) is 6.54 Å². The van der Waals surface area contributed by atoms with Gasteiger partial charge in [-0.15, -0.1) is 0 Å². The Morgan fingerprint density at radius 1 is 1.33 bits per heavy atom. The van der Waals surface area contributed by atoms with E-state index in [1.54, 1.807) is 0 Å². The van der Waals surface area contributed by atoms with Crippen LogP contribution >= 0.6 is 0 Å². The van der Waals surface area contributed by atoms with Crippen molar-refractivity contribution >= 4 is 5.82 Å². The molecule has 128 valence electrons. The third-order valence-corrected chi connectivity index (χ3v) is 4.39. The second-order valence-electron chi connectivity index (χ2n) is 6.91. The highest BCUT2D eigenvalue weighted by Gasteiger charge is 2.21. The van der Waals surface area contributed by atoms with E-state index in [9.17, 15) is 4.79 Å². The lowest BCUT2D eigenvalue weighted by atomic mass is 10.1. The van der Waals surface area contributed by atoms with Crippen LogP contribution in [-0.2, 0) is 19.5 Å². The summed E-state index contributed by atoms with van der Waals surface area (Å²) in [6.45, 7) is 6.45. The van der Waals surface area contributed by atoms with Crippen molar-refractivity contribution in [2.24, 2.45) is 0 Å². The smallest absolute Gasteiger partial charge is 0.255 e. The van der Waals surface area contributed by atoms with Gasteiger partial charge in [0.25, 0.3) is 5.56 Å². The van der Waals surface area contributed by atoms with Gasteiger partial charge in [0, 0.05) is 52.3 Å². The summed E-state index contributed by atoms with van der Waals surface area (Å²) in [4.78, 5) is 28.7. The van der Waals surface area contributed by atoms with Gasteiger partial charge in [0.1, 0.15) is 11.6 Å². The predicted octanol–water partition coefficient (Wildman–Crippen LogP) is 1.91. The first-order valence-corrected chi connectivity index (χ1v) is 8.40. The topological polar surface area (TPSA) is 65.1 Å². The highest BCUT2D eigenvalue weighted by molar-refractivity contribution is 5.37. The first-order valence-electron chi connectivity index (χ1n) is 8.40. The molecule has 0 radical (unpaired) electrons. The summed E-state index contributed by atoms with van der Waals surface area (Å²) in [5, 5.41) is 0. The molecule has 0 saturated carbocycles. The van der Waals surface area contributed by atoms with Crippen molar-refractivity contribution in [3.63, 3.8) is 0 Å². The summed E-state index contributed by atoms with van der Waals surface area (Å²) in [6, 6.07) is 4.12. The maximum Gasteiger partial charge on any atom is 0.255 e. The van der Waals surface area contributed by atoms with Crippen LogP contribution < -0.4 is 10.5 Å². The molecule has 0 unspecified atom stereocenters. The molecule has 0 fully saturated rings. The van der Waals surface area contributed by atoms with Crippen molar-refractivity contribution in [3.8, 4) is 0 Å². The van der Waals surface area contributed by atoms with Crippen molar-refractivity contribution < 1.29 is 0 Å². The van der Waals surface area contributed by atoms with E-state index >= 15 is 0 Å². The SMILES string of the molecule is CC(C)c1nc2c(c(=O)[nH]1)CN(Cc1ccc(N(C)C)nc1)CC2. The van der Waals surface area contributed by atoms with E-state index in [1.807, 2.05) is 45.1 Å². The van der Waals surface area contributed by atoms with E-state index < -0.39 is 0 Å². The molecule has 6 heteroatoms. The number of H-pyrrole nitrogens is 1. The molecule has 0 spiro atoms. The van der Waals surface area contributed by atoms with Gasteiger partial charge in [0.15, 0.2) is 0 Å². The summed E-state index contributed by atoms with van der Waals surface area (Å²) >= 11 is 0. The van der Waals surface area contributed by atoms with Crippen LogP contribution in [0.15, 0.2) is 23.1 Å². The fourth-order valence-corrected chi connectivity index (χ4v) is 2.94. The normalized spacial score (nSPS) is 14.7. The zero-order valence-electron chi connectivity index (χ0n) is 14.8. The van der Waals surface area contributed by atoms with Crippen molar-refractivity contribution in [2.75, 3.05) is 25.5 Å².